The number of imidazole rings is 1. The van der Waals surface area contributed by atoms with E-state index in [9.17, 15) is 5.11 Å². The third kappa shape index (κ3) is 4.49. The molecular weight excluding hydrogens is 538 g/mol. The molecule has 0 unspecified atom stereocenters. The van der Waals surface area contributed by atoms with Crippen molar-refractivity contribution in [3.63, 3.8) is 0 Å². The van der Waals surface area contributed by atoms with Gasteiger partial charge in [0.1, 0.15) is 5.82 Å². The van der Waals surface area contributed by atoms with Crippen LogP contribution < -0.4 is 0 Å². The zero-order chi connectivity index (χ0) is 30.7. The van der Waals surface area contributed by atoms with Crippen LogP contribution in [0.15, 0.2) is 109 Å². The van der Waals surface area contributed by atoms with E-state index in [1.165, 1.54) is 11.1 Å². The minimum atomic E-state index is -0.166. The second kappa shape index (κ2) is 10.3. The molecule has 0 saturated heterocycles. The van der Waals surface area contributed by atoms with Crippen LogP contribution in [0.3, 0.4) is 0 Å². The van der Waals surface area contributed by atoms with E-state index < -0.39 is 0 Å². The van der Waals surface area contributed by atoms with E-state index in [4.69, 9.17) is 4.98 Å². The van der Waals surface area contributed by atoms with E-state index in [2.05, 4.69) is 160 Å². The summed E-state index contributed by atoms with van der Waals surface area (Å²) in [5, 5.41) is 14.6. The number of fused-ring (bicyclic) bond motifs is 3. The number of phenolic OH excluding ortho intramolecular Hbond substituents is 1. The average Bonchev–Trinajstić information content (AvgIpc) is 3.52. The molecule has 0 saturated carbocycles. The number of aromatic nitrogens is 3. The van der Waals surface area contributed by atoms with Gasteiger partial charge in [0.15, 0.2) is 5.75 Å². The molecule has 7 rings (SSSR count). The van der Waals surface area contributed by atoms with Crippen molar-refractivity contribution in [3.8, 4) is 45.3 Å². The minimum Gasteiger partial charge on any atom is -0.505 e. The molecule has 44 heavy (non-hydrogen) atoms. The van der Waals surface area contributed by atoms with Crippen molar-refractivity contribution in [1.29, 1.82) is 0 Å². The van der Waals surface area contributed by atoms with Gasteiger partial charge in [-0.25, -0.2) is 4.98 Å². The van der Waals surface area contributed by atoms with Crippen molar-refractivity contribution in [2.24, 2.45) is 7.05 Å². The number of rotatable bonds is 4. The van der Waals surface area contributed by atoms with Crippen LogP contribution in [0.4, 0.5) is 0 Å². The Hall–Kier alpha value is -5.09. The van der Waals surface area contributed by atoms with Gasteiger partial charge in [-0.15, -0.1) is 0 Å². The lowest BCUT2D eigenvalue weighted by Crippen LogP contribution is -2.13. The molecule has 4 heteroatoms. The molecule has 218 valence electrons. The molecule has 0 aliphatic heterocycles. The summed E-state index contributed by atoms with van der Waals surface area (Å²) >= 11 is 0. The van der Waals surface area contributed by atoms with Crippen LogP contribution in [-0.2, 0) is 12.5 Å². The van der Waals surface area contributed by atoms with Crippen LogP contribution in [0.25, 0.3) is 61.4 Å². The van der Waals surface area contributed by atoms with E-state index in [1.54, 1.807) is 0 Å². The number of benzene rings is 5. The molecule has 0 bridgehead atoms. The first-order valence-electron chi connectivity index (χ1n) is 15.2. The van der Waals surface area contributed by atoms with Gasteiger partial charge in [-0.05, 0) is 49.1 Å². The van der Waals surface area contributed by atoms with E-state index in [1.807, 2.05) is 0 Å². The Morgan fingerprint density at radius 2 is 1.18 bits per heavy atom. The fraction of sp³-hybridized carbons (Fsp3) is 0.175. The lowest BCUT2D eigenvalue weighted by atomic mass is 9.85. The third-order valence-corrected chi connectivity index (χ3v) is 8.76. The second-order valence-corrected chi connectivity index (χ2v) is 12.9. The summed E-state index contributed by atoms with van der Waals surface area (Å²) in [6.07, 6.45) is 0. The summed E-state index contributed by atoms with van der Waals surface area (Å²) in [5.74, 6) is 0.935. The first kappa shape index (κ1) is 27.7. The van der Waals surface area contributed by atoms with Gasteiger partial charge in [-0.2, -0.15) is 0 Å². The predicted molar refractivity (Wildman–Crippen MR) is 184 cm³/mol. The topological polar surface area (TPSA) is 43.0 Å². The lowest BCUT2D eigenvalue weighted by molar-refractivity contribution is 0.473. The number of nitrogens with zero attached hydrogens (tertiary/aromatic N) is 3. The smallest absolute Gasteiger partial charge is 0.150 e. The molecule has 1 N–H and O–H groups in total. The van der Waals surface area contributed by atoms with Crippen molar-refractivity contribution >= 4 is 21.8 Å². The number of hydrogen-bond acceptors (Lipinski definition) is 2. The van der Waals surface area contributed by atoms with Gasteiger partial charge in [0, 0.05) is 28.9 Å². The zero-order valence-electron chi connectivity index (χ0n) is 26.2. The molecule has 0 fully saturated rings. The Balaban J connectivity index is 1.55. The van der Waals surface area contributed by atoms with Crippen molar-refractivity contribution < 1.29 is 5.11 Å². The molecule has 0 aliphatic carbocycles. The first-order chi connectivity index (χ1) is 21.1. The normalized spacial score (nSPS) is 12.0. The molecule has 0 atom stereocenters. The van der Waals surface area contributed by atoms with Gasteiger partial charge in [0.05, 0.1) is 33.7 Å². The summed E-state index contributed by atoms with van der Waals surface area (Å²) in [6, 6.07) is 38.2. The lowest BCUT2D eigenvalue weighted by Gasteiger charge is -2.23. The summed E-state index contributed by atoms with van der Waals surface area (Å²) in [4.78, 5) is 5.30. The summed E-state index contributed by atoms with van der Waals surface area (Å²) in [5.41, 5.74) is 11.0. The fourth-order valence-electron chi connectivity index (χ4n) is 6.27. The van der Waals surface area contributed by atoms with E-state index in [-0.39, 0.29) is 11.2 Å². The van der Waals surface area contributed by atoms with Crippen molar-refractivity contribution in [2.45, 2.75) is 40.0 Å². The molecule has 2 heterocycles. The molecule has 0 aliphatic rings. The SMILES string of the molecule is Cc1ccc(-c2nc(-c3cc(C(C)(C)C)cc(-n4c5ccccc5c5ccccc54)c3O)n(C)c2-c2ccc(C)cc2)cc1. The first-order valence-corrected chi connectivity index (χ1v) is 15.2. The highest BCUT2D eigenvalue weighted by molar-refractivity contribution is 6.09. The predicted octanol–water partition coefficient (Wildman–Crippen LogP) is 10.1. The Labute approximate surface area is 258 Å². The highest BCUT2D eigenvalue weighted by Gasteiger charge is 2.26. The molecule has 0 radical (unpaired) electrons. The van der Waals surface area contributed by atoms with Crippen LogP contribution in [-0.4, -0.2) is 19.2 Å². The second-order valence-electron chi connectivity index (χ2n) is 12.9. The zero-order valence-corrected chi connectivity index (χ0v) is 26.2. The number of aromatic hydroxyl groups is 1. The summed E-state index contributed by atoms with van der Waals surface area (Å²) < 4.78 is 4.33. The number of hydrogen-bond donors (Lipinski definition) is 1. The fourth-order valence-corrected chi connectivity index (χ4v) is 6.27. The van der Waals surface area contributed by atoms with Gasteiger partial charge in [-0.3, -0.25) is 0 Å². The van der Waals surface area contributed by atoms with Crippen LogP contribution in [0, 0.1) is 13.8 Å². The highest BCUT2D eigenvalue weighted by Crippen LogP contribution is 2.44. The molecule has 2 aromatic heterocycles. The minimum absolute atomic E-state index is 0.166. The largest absolute Gasteiger partial charge is 0.505 e. The maximum atomic E-state index is 12.3. The molecular formula is C40H37N3O. The monoisotopic (exact) mass is 575 g/mol. The van der Waals surface area contributed by atoms with Gasteiger partial charge >= 0.3 is 0 Å². The number of phenols is 1. The average molecular weight is 576 g/mol. The summed E-state index contributed by atoms with van der Waals surface area (Å²) in [6.45, 7) is 10.8. The maximum absolute atomic E-state index is 12.3. The Morgan fingerprint density at radius 3 is 1.73 bits per heavy atom. The van der Waals surface area contributed by atoms with E-state index in [0.29, 0.717) is 5.56 Å². The highest BCUT2D eigenvalue weighted by atomic mass is 16.3. The molecule has 0 amide bonds. The van der Waals surface area contributed by atoms with Crippen LogP contribution in [0.2, 0.25) is 0 Å². The Bertz CT molecular complexity index is 2120. The molecule has 7 aromatic rings. The summed E-state index contributed by atoms with van der Waals surface area (Å²) in [7, 11) is 2.05. The van der Waals surface area contributed by atoms with E-state index >= 15 is 0 Å². The van der Waals surface area contributed by atoms with Gasteiger partial charge in [-0.1, -0.05) is 117 Å². The van der Waals surface area contributed by atoms with Crippen LogP contribution in [0.1, 0.15) is 37.5 Å². The quantitative estimate of drug-likeness (QED) is 0.227. The molecule has 5 aromatic carbocycles. The van der Waals surface area contributed by atoms with E-state index in [0.717, 1.165) is 61.4 Å². The number of para-hydroxylation sites is 2. The van der Waals surface area contributed by atoms with Crippen molar-refractivity contribution in [2.75, 3.05) is 0 Å². The number of aryl methyl sites for hydroxylation is 2. The van der Waals surface area contributed by atoms with Crippen LogP contribution >= 0.6 is 0 Å². The Kier molecular flexibility index (Phi) is 6.47. The third-order valence-electron chi connectivity index (χ3n) is 8.76. The van der Waals surface area contributed by atoms with Crippen molar-refractivity contribution in [3.05, 3.63) is 126 Å². The molecule has 0 spiro atoms. The van der Waals surface area contributed by atoms with Crippen molar-refractivity contribution in [1.82, 2.24) is 14.1 Å². The standard InChI is InChI=1S/C40H37N3O/c1-25-15-19-27(20-16-25)36-37(28-21-17-26(2)18-22-28)42(6)39(41-36)32-23-29(40(3,4)5)24-35(38(32)44)43-33-13-9-7-11-30(33)31-12-8-10-14-34(31)43/h7-24,44H,1-6H3. The molecule has 4 nitrogen and oxygen atoms in total. The van der Waals surface area contributed by atoms with Gasteiger partial charge in [0.25, 0.3) is 0 Å². The van der Waals surface area contributed by atoms with Crippen LogP contribution in [0.5, 0.6) is 5.75 Å². The Morgan fingerprint density at radius 1 is 0.659 bits per heavy atom. The maximum Gasteiger partial charge on any atom is 0.150 e. The van der Waals surface area contributed by atoms with Gasteiger partial charge < -0.3 is 14.2 Å². The van der Waals surface area contributed by atoms with Gasteiger partial charge in [0.2, 0.25) is 0 Å².